The second-order valence-electron chi connectivity index (χ2n) is 5.51. The molecule has 0 unspecified atom stereocenters. The molecule has 0 bridgehead atoms. The molecule has 0 aliphatic rings. The van der Waals surface area contributed by atoms with Gasteiger partial charge in [0.1, 0.15) is 5.82 Å². The molecule has 0 saturated heterocycles. The van der Waals surface area contributed by atoms with Crippen LogP contribution in [-0.2, 0) is 4.74 Å². The molecule has 0 spiro atoms. The maximum atomic E-state index is 5.83. The topological polar surface area (TPSA) is 69.4 Å². The van der Waals surface area contributed by atoms with Crippen molar-refractivity contribution in [3.8, 4) is 5.88 Å². The lowest BCUT2D eigenvalue weighted by Gasteiger charge is -2.13. The number of ether oxygens (including phenoxy) is 2. The number of rotatable bonds is 9. The molecule has 20 heavy (non-hydrogen) atoms. The number of aromatic nitrogens is 1. The summed E-state index contributed by atoms with van der Waals surface area (Å²) in [7, 11) is 0. The molecule has 0 radical (unpaired) electrons. The quantitative estimate of drug-likeness (QED) is 0.681. The summed E-state index contributed by atoms with van der Waals surface area (Å²) in [5, 5.41) is 3.25. The highest BCUT2D eigenvalue weighted by Gasteiger charge is 2.06. The third-order valence-electron chi connectivity index (χ3n) is 2.46. The number of hydrogen-bond acceptors (Lipinski definition) is 5. The molecule has 114 valence electrons. The zero-order valence-electron chi connectivity index (χ0n) is 13.0. The van der Waals surface area contributed by atoms with E-state index in [9.17, 15) is 0 Å². The Morgan fingerprint density at radius 1 is 1.25 bits per heavy atom. The second-order valence-corrected chi connectivity index (χ2v) is 5.51. The third-order valence-corrected chi connectivity index (χ3v) is 2.46. The van der Waals surface area contributed by atoms with Crippen molar-refractivity contribution in [2.24, 2.45) is 5.92 Å². The van der Waals surface area contributed by atoms with Crippen LogP contribution in [0.1, 0.15) is 34.1 Å². The molecule has 0 aliphatic carbocycles. The lowest BCUT2D eigenvalue weighted by Crippen LogP contribution is -2.12. The van der Waals surface area contributed by atoms with Gasteiger partial charge >= 0.3 is 0 Å². The Balaban J connectivity index is 2.33. The fraction of sp³-hybridized carbons (Fsp3) is 0.667. The van der Waals surface area contributed by atoms with Crippen LogP contribution in [0.5, 0.6) is 5.88 Å². The molecule has 0 aromatic carbocycles. The predicted molar refractivity (Wildman–Crippen MR) is 83.2 cm³/mol. The van der Waals surface area contributed by atoms with Gasteiger partial charge in [-0.25, -0.2) is 0 Å². The molecule has 0 aliphatic heterocycles. The Morgan fingerprint density at radius 2 is 2.00 bits per heavy atom. The van der Waals surface area contributed by atoms with Crippen molar-refractivity contribution in [2.45, 2.75) is 40.2 Å². The van der Waals surface area contributed by atoms with Gasteiger partial charge in [-0.05, 0) is 38.3 Å². The molecule has 1 rings (SSSR count). The molecule has 0 saturated carbocycles. The Kier molecular flexibility index (Phi) is 7.15. The van der Waals surface area contributed by atoms with Gasteiger partial charge in [-0.2, -0.15) is 4.98 Å². The first kappa shape index (κ1) is 16.6. The monoisotopic (exact) mass is 281 g/mol. The van der Waals surface area contributed by atoms with E-state index in [-0.39, 0.29) is 6.10 Å². The standard InChI is InChI=1S/C15H27N3O2/c1-11(2)10-19-9-5-8-17-14-7-6-13(16)15(18-14)20-12(3)4/h6-7,11-12H,5,8-10,16H2,1-4H3,(H,17,18). The van der Waals surface area contributed by atoms with E-state index in [0.717, 1.165) is 32.0 Å². The summed E-state index contributed by atoms with van der Waals surface area (Å²) in [6.07, 6.45) is 1.00. The number of anilines is 2. The van der Waals surface area contributed by atoms with E-state index in [2.05, 4.69) is 24.1 Å². The Hall–Kier alpha value is -1.49. The van der Waals surface area contributed by atoms with Gasteiger partial charge in [-0.15, -0.1) is 0 Å². The number of nitrogens with zero attached hydrogens (tertiary/aromatic N) is 1. The molecular formula is C15H27N3O2. The zero-order chi connectivity index (χ0) is 15.0. The predicted octanol–water partition coefficient (Wildman–Crippen LogP) is 2.93. The average molecular weight is 281 g/mol. The molecule has 3 N–H and O–H groups in total. The van der Waals surface area contributed by atoms with Crippen LogP contribution in [0.3, 0.4) is 0 Å². The van der Waals surface area contributed by atoms with E-state index >= 15 is 0 Å². The van der Waals surface area contributed by atoms with Crippen LogP contribution < -0.4 is 15.8 Å². The largest absolute Gasteiger partial charge is 0.473 e. The maximum absolute atomic E-state index is 5.83. The van der Waals surface area contributed by atoms with E-state index in [0.29, 0.717) is 17.5 Å². The van der Waals surface area contributed by atoms with Crippen LogP contribution in [0, 0.1) is 5.92 Å². The molecule has 0 fully saturated rings. The average Bonchev–Trinajstić information content (AvgIpc) is 2.36. The van der Waals surface area contributed by atoms with Crippen molar-refractivity contribution in [1.29, 1.82) is 0 Å². The minimum atomic E-state index is 0.0597. The van der Waals surface area contributed by atoms with E-state index in [4.69, 9.17) is 15.2 Å². The van der Waals surface area contributed by atoms with Gasteiger partial charge in [0.2, 0.25) is 5.88 Å². The van der Waals surface area contributed by atoms with Crippen molar-refractivity contribution >= 4 is 11.5 Å². The van der Waals surface area contributed by atoms with Crippen molar-refractivity contribution in [3.63, 3.8) is 0 Å². The van der Waals surface area contributed by atoms with Crippen LogP contribution in [0.25, 0.3) is 0 Å². The molecule has 0 amide bonds. The van der Waals surface area contributed by atoms with Gasteiger partial charge in [-0.1, -0.05) is 13.8 Å². The van der Waals surface area contributed by atoms with Gasteiger partial charge in [0.05, 0.1) is 11.8 Å². The van der Waals surface area contributed by atoms with E-state index in [1.54, 1.807) is 0 Å². The van der Waals surface area contributed by atoms with E-state index in [1.807, 2.05) is 26.0 Å². The fourth-order valence-electron chi connectivity index (χ4n) is 1.58. The summed E-state index contributed by atoms with van der Waals surface area (Å²) in [4.78, 5) is 4.36. The Labute approximate surface area is 121 Å². The lowest BCUT2D eigenvalue weighted by molar-refractivity contribution is 0.110. The SMILES string of the molecule is CC(C)COCCCNc1ccc(N)c(OC(C)C)n1. The highest BCUT2D eigenvalue weighted by molar-refractivity contribution is 5.53. The van der Waals surface area contributed by atoms with Crippen LogP contribution in [0.4, 0.5) is 11.5 Å². The molecule has 1 aromatic heterocycles. The van der Waals surface area contributed by atoms with Crippen molar-refractivity contribution in [1.82, 2.24) is 4.98 Å². The maximum Gasteiger partial charge on any atom is 0.239 e. The zero-order valence-corrected chi connectivity index (χ0v) is 13.0. The van der Waals surface area contributed by atoms with Gasteiger partial charge in [-0.3, -0.25) is 0 Å². The van der Waals surface area contributed by atoms with Crippen molar-refractivity contribution in [3.05, 3.63) is 12.1 Å². The minimum Gasteiger partial charge on any atom is -0.473 e. The fourth-order valence-corrected chi connectivity index (χ4v) is 1.58. The summed E-state index contributed by atoms with van der Waals surface area (Å²) >= 11 is 0. The molecule has 1 aromatic rings. The van der Waals surface area contributed by atoms with E-state index in [1.165, 1.54) is 0 Å². The summed E-state index contributed by atoms with van der Waals surface area (Å²) in [6.45, 7) is 10.6. The van der Waals surface area contributed by atoms with Gasteiger partial charge in [0.25, 0.3) is 0 Å². The number of nitrogens with two attached hydrogens (primary N) is 1. The lowest BCUT2D eigenvalue weighted by atomic mass is 10.2. The van der Waals surface area contributed by atoms with Crippen LogP contribution >= 0.6 is 0 Å². The van der Waals surface area contributed by atoms with E-state index < -0.39 is 0 Å². The Bertz CT molecular complexity index is 395. The summed E-state index contributed by atoms with van der Waals surface area (Å²) in [5.41, 5.74) is 6.38. The minimum absolute atomic E-state index is 0.0597. The third kappa shape index (κ3) is 6.61. The number of pyridine rings is 1. The molecule has 1 heterocycles. The first-order valence-corrected chi connectivity index (χ1v) is 7.23. The van der Waals surface area contributed by atoms with Gasteiger partial charge in [0, 0.05) is 19.8 Å². The van der Waals surface area contributed by atoms with Gasteiger partial charge < -0.3 is 20.5 Å². The first-order chi connectivity index (χ1) is 9.49. The van der Waals surface area contributed by atoms with Gasteiger partial charge in [0.15, 0.2) is 0 Å². The van der Waals surface area contributed by atoms with Crippen LogP contribution in [0.15, 0.2) is 12.1 Å². The molecular weight excluding hydrogens is 254 g/mol. The highest BCUT2D eigenvalue weighted by atomic mass is 16.5. The number of nitrogens with one attached hydrogen (secondary N) is 1. The molecule has 0 atom stereocenters. The first-order valence-electron chi connectivity index (χ1n) is 7.23. The van der Waals surface area contributed by atoms with Crippen molar-refractivity contribution < 1.29 is 9.47 Å². The Morgan fingerprint density at radius 3 is 2.65 bits per heavy atom. The second kappa shape index (κ2) is 8.64. The normalized spacial score (nSPS) is 11.1. The molecule has 5 nitrogen and oxygen atoms in total. The highest BCUT2D eigenvalue weighted by Crippen LogP contribution is 2.21. The van der Waals surface area contributed by atoms with Crippen LogP contribution in [0.2, 0.25) is 0 Å². The summed E-state index contributed by atoms with van der Waals surface area (Å²) in [5.74, 6) is 1.84. The summed E-state index contributed by atoms with van der Waals surface area (Å²) in [6, 6.07) is 3.67. The van der Waals surface area contributed by atoms with Crippen LogP contribution in [-0.4, -0.2) is 30.8 Å². The smallest absolute Gasteiger partial charge is 0.239 e. The summed E-state index contributed by atoms with van der Waals surface area (Å²) < 4.78 is 11.1. The van der Waals surface area contributed by atoms with Crippen molar-refractivity contribution in [2.75, 3.05) is 30.8 Å². The molecule has 5 heteroatoms. The number of hydrogen-bond donors (Lipinski definition) is 2. The number of nitrogen functional groups attached to an aromatic ring is 1.